The van der Waals surface area contributed by atoms with Crippen LogP contribution in [0.25, 0.3) is 0 Å². The Balaban J connectivity index is 2.04. The van der Waals surface area contributed by atoms with Gasteiger partial charge >= 0.3 is 5.97 Å². The molecular formula is C45H75NO12. The molecule has 15 atom stereocenters. The van der Waals surface area contributed by atoms with Gasteiger partial charge < -0.3 is 50.1 Å². The summed E-state index contributed by atoms with van der Waals surface area (Å²) in [5.41, 5.74) is 2.08. The normalized spacial score (nSPS) is 40.9. The molecule has 7 N–H and O–H groups in total. The summed E-state index contributed by atoms with van der Waals surface area (Å²) in [6, 6.07) is -1.10. The Morgan fingerprint density at radius 1 is 0.948 bits per heavy atom. The smallest absolute Gasteiger partial charge is 0.329 e. The first kappa shape index (κ1) is 49.9. The largest absolute Gasteiger partial charge is 0.456 e. The predicted molar refractivity (Wildman–Crippen MR) is 220 cm³/mol. The van der Waals surface area contributed by atoms with Gasteiger partial charge in [-0.3, -0.25) is 9.59 Å². The van der Waals surface area contributed by atoms with E-state index in [0.717, 1.165) is 5.57 Å². The molecule has 3 aliphatic rings. The second kappa shape index (κ2) is 22.4. The number of amides is 1. The van der Waals surface area contributed by atoms with Gasteiger partial charge in [-0.05, 0) is 107 Å². The first-order valence-corrected chi connectivity index (χ1v) is 21.7. The minimum atomic E-state index is -2.52. The second-order valence-corrected chi connectivity index (χ2v) is 18.0. The second-order valence-electron chi connectivity index (χ2n) is 18.0. The van der Waals surface area contributed by atoms with Crippen molar-refractivity contribution in [1.29, 1.82) is 0 Å². The fourth-order valence-electron chi connectivity index (χ4n) is 8.63. The zero-order chi connectivity index (χ0) is 43.6. The average Bonchev–Trinajstić information content (AvgIpc) is 3.17. The molecule has 0 aromatic heterocycles. The molecular weight excluding hydrogens is 746 g/mol. The number of rotatable bonds is 4. The van der Waals surface area contributed by atoms with Crippen molar-refractivity contribution in [3.8, 4) is 0 Å². The van der Waals surface area contributed by atoms with Gasteiger partial charge in [0.15, 0.2) is 0 Å². The highest BCUT2D eigenvalue weighted by atomic mass is 16.6. The lowest BCUT2D eigenvalue weighted by Gasteiger charge is -2.43. The number of hydrogen-bond acceptors (Lipinski definition) is 12. The Hall–Kier alpha value is -2.49. The van der Waals surface area contributed by atoms with Crippen LogP contribution in [0.3, 0.4) is 0 Å². The number of carbonyl (C=O) groups is 3. The van der Waals surface area contributed by atoms with Gasteiger partial charge in [0.2, 0.25) is 5.79 Å². The number of nitrogens with zero attached hydrogens (tertiary/aromatic N) is 1. The van der Waals surface area contributed by atoms with Crippen molar-refractivity contribution in [2.45, 2.75) is 194 Å². The first-order valence-electron chi connectivity index (χ1n) is 21.7. The number of allylic oxidation sites excluding steroid dienone is 1. The lowest BCUT2D eigenvalue weighted by Crippen LogP contribution is -2.61. The number of piperidine rings is 1. The van der Waals surface area contributed by atoms with Crippen LogP contribution in [0.1, 0.15) is 133 Å². The Bertz CT molecular complexity index is 1460. The molecule has 3 aliphatic heterocycles. The summed E-state index contributed by atoms with van der Waals surface area (Å²) in [5, 5.41) is 77.5. The quantitative estimate of drug-likeness (QED) is 0.120. The maximum absolute atomic E-state index is 14.1. The van der Waals surface area contributed by atoms with Crippen LogP contribution in [0, 0.1) is 29.6 Å². The number of ether oxygens (including phenoxy) is 2. The topological polar surface area (TPSA) is 215 Å². The number of carbonyl (C=O) groups excluding carboxylic acids is 3. The molecule has 0 radical (unpaired) electrons. The summed E-state index contributed by atoms with van der Waals surface area (Å²) in [5.74, 6) is -7.51. The number of cyclic esters (lactones) is 1. The van der Waals surface area contributed by atoms with Crippen LogP contribution in [0.2, 0.25) is 0 Å². The van der Waals surface area contributed by atoms with Crippen molar-refractivity contribution in [3.05, 3.63) is 34.9 Å². The van der Waals surface area contributed by atoms with E-state index < -0.39 is 90.2 Å². The van der Waals surface area contributed by atoms with Crippen molar-refractivity contribution in [1.82, 2.24) is 4.90 Å². The highest BCUT2D eigenvalue weighted by Crippen LogP contribution is 2.37. The minimum Gasteiger partial charge on any atom is -0.456 e. The fourth-order valence-corrected chi connectivity index (χ4v) is 8.63. The molecule has 58 heavy (non-hydrogen) atoms. The molecule has 13 heteroatoms. The lowest BCUT2D eigenvalue weighted by molar-refractivity contribution is -0.266. The number of fused-ring (bicyclic) bond motifs is 3. The van der Waals surface area contributed by atoms with Gasteiger partial charge in [0.25, 0.3) is 11.7 Å². The van der Waals surface area contributed by atoms with Gasteiger partial charge in [0.1, 0.15) is 12.1 Å². The molecule has 15 unspecified atom stereocenters. The summed E-state index contributed by atoms with van der Waals surface area (Å²) in [6.07, 6.45) is 1.31. The third-order valence-electron chi connectivity index (χ3n) is 13.0. The summed E-state index contributed by atoms with van der Waals surface area (Å²) in [6.45, 7) is 16.3. The van der Waals surface area contributed by atoms with Crippen LogP contribution >= 0.6 is 0 Å². The van der Waals surface area contributed by atoms with Gasteiger partial charge in [0.05, 0.1) is 42.7 Å². The number of hydrogen-bond donors (Lipinski definition) is 7. The molecule has 1 amide bonds. The average molecular weight is 822 g/mol. The monoisotopic (exact) mass is 822 g/mol. The van der Waals surface area contributed by atoms with Crippen LogP contribution in [0.5, 0.6) is 0 Å². The Kier molecular flexibility index (Phi) is 19.2. The van der Waals surface area contributed by atoms with Crippen molar-refractivity contribution in [2.75, 3.05) is 6.54 Å². The van der Waals surface area contributed by atoms with E-state index >= 15 is 0 Å². The van der Waals surface area contributed by atoms with Crippen LogP contribution in [-0.2, 0) is 23.9 Å². The Morgan fingerprint density at radius 2 is 1.60 bits per heavy atom. The Labute approximate surface area is 346 Å². The zero-order valence-electron chi connectivity index (χ0n) is 36.4. The van der Waals surface area contributed by atoms with E-state index in [9.17, 15) is 50.1 Å². The molecule has 0 aliphatic carbocycles. The van der Waals surface area contributed by atoms with E-state index in [-0.39, 0.29) is 56.4 Å². The molecule has 332 valence electrons. The summed E-state index contributed by atoms with van der Waals surface area (Å²) >= 11 is 0. The van der Waals surface area contributed by atoms with Gasteiger partial charge in [-0.15, -0.1) is 0 Å². The molecule has 3 heterocycles. The van der Waals surface area contributed by atoms with E-state index in [1.807, 2.05) is 45.9 Å². The molecule has 3 rings (SSSR count). The molecule has 13 nitrogen and oxygen atoms in total. The van der Waals surface area contributed by atoms with Gasteiger partial charge in [-0.25, -0.2) is 4.79 Å². The number of esters is 1. The van der Waals surface area contributed by atoms with Gasteiger partial charge in [-0.2, -0.15) is 0 Å². The molecule has 0 aromatic carbocycles. The fraction of sp³-hybridized carbons (Fsp3) is 0.800. The van der Waals surface area contributed by atoms with Crippen LogP contribution in [0.4, 0.5) is 0 Å². The van der Waals surface area contributed by atoms with Crippen LogP contribution in [-0.4, -0.2) is 126 Å². The predicted octanol–water partition coefficient (Wildman–Crippen LogP) is 4.27. The molecule has 2 saturated heterocycles. The highest BCUT2D eigenvalue weighted by Gasteiger charge is 2.53. The third kappa shape index (κ3) is 13.3. The summed E-state index contributed by atoms with van der Waals surface area (Å²) in [7, 11) is 0. The standard InChI is InChI=1S/C45H75NO12/c1-10-33-15-17-40(28(5)21-26(3)32(9)47)57-44(55)36-13-11-12-18-46(36)43(54)42(53)45(56)30(7)14-16-35(58-45)24-39(51)31(8)38(50)23-34(48)22-37(49)27(4)19-25(2)20-29(6)41(33)52/h15,19,21,25-26,29-32,34-41,47-52,56H,10-14,16-18,20,22-24H2,1-9H3/b27-19-,28-21+,33-15-. The lowest BCUT2D eigenvalue weighted by atomic mass is 9.83. The van der Waals surface area contributed by atoms with E-state index in [1.165, 1.54) is 4.90 Å². The van der Waals surface area contributed by atoms with Crippen molar-refractivity contribution < 1.29 is 59.6 Å². The van der Waals surface area contributed by atoms with E-state index in [1.54, 1.807) is 34.6 Å². The van der Waals surface area contributed by atoms with Gasteiger partial charge in [0, 0.05) is 37.1 Å². The van der Waals surface area contributed by atoms with E-state index in [0.29, 0.717) is 49.7 Å². The van der Waals surface area contributed by atoms with E-state index in [4.69, 9.17) is 9.47 Å². The first-order chi connectivity index (χ1) is 27.1. The van der Waals surface area contributed by atoms with Crippen molar-refractivity contribution in [2.24, 2.45) is 29.6 Å². The maximum Gasteiger partial charge on any atom is 0.329 e. The Morgan fingerprint density at radius 3 is 2.24 bits per heavy atom. The van der Waals surface area contributed by atoms with Crippen LogP contribution < -0.4 is 0 Å². The minimum absolute atomic E-state index is 0.0316. The highest BCUT2D eigenvalue weighted by molar-refractivity contribution is 6.39. The molecule has 2 fully saturated rings. The molecule has 2 bridgehead atoms. The number of aliphatic hydroxyl groups is 7. The molecule has 0 saturated carbocycles. The van der Waals surface area contributed by atoms with Crippen molar-refractivity contribution in [3.63, 3.8) is 0 Å². The van der Waals surface area contributed by atoms with Crippen LogP contribution in [0.15, 0.2) is 34.9 Å². The van der Waals surface area contributed by atoms with E-state index in [2.05, 4.69) is 0 Å². The number of ketones is 1. The number of aliphatic hydroxyl groups excluding tert-OH is 6. The maximum atomic E-state index is 14.1. The van der Waals surface area contributed by atoms with Gasteiger partial charge in [-0.1, -0.05) is 59.8 Å². The summed E-state index contributed by atoms with van der Waals surface area (Å²) in [4.78, 5) is 43.3. The third-order valence-corrected chi connectivity index (χ3v) is 13.0. The summed E-state index contributed by atoms with van der Waals surface area (Å²) < 4.78 is 12.1. The van der Waals surface area contributed by atoms with Crippen molar-refractivity contribution >= 4 is 17.7 Å². The molecule has 0 spiro atoms. The molecule has 0 aromatic rings. The number of Topliss-reactive ketones (excluding diaryl/α,β-unsaturated/α-hetero) is 1. The SMILES string of the molecule is CC/C1=C/CC(/C(C)=C/C(C)C(C)O)OC(=O)C2CCCCN2C(=O)C(=O)C2(O)OC(CCC2C)CC(O)C(C)C(O)CC(O)CC(O)/C(C)=C\C(C)CC(C)C1O. The zero-order valence-corrected chi connectivity index (χ0v) is 36.4.